The Morgan fingerprint density at radius 3 is 1.74 bits per heavy atom. The topological polar surface area (TPSA) is 22.4 Å². The smallest absolute Gasteiger partial charge is 1.00 e. The Labute approximate surface area is 141 Å². The van der Waals surface area contributed by atoms with Gasteiger partial charge in [0, 0.05) is 0 Å². The van der Waals surface area contributed by atoms with Gasteiger partial charge in [0.1, 0.15) is 0 Å². The zero-order valence-corrected chi connectivity index (χ0v) is 16.2. The first-order chi connectivity index (χ1) is 7.80. The second-order valence-electron chi connectivity index (χ2n) is 5.69. The summed E-state index contributed by atoms with van der Waals surface area (Å²) >= 11 is 0. The molecule has 0 unspecified atom stereocenters. The molecule has 1 rings (SSSR count). The van der Waals surface area contributed by atoms with Crippen molar-refractivity contribution in [2.75, 3.05) is 0 Å². The molecule has 0 saturated carbocycles. The predicted octanol–water partition coefficient (Wildman–Crippen LogP) is 1.64. The molecule has 1 aromatic heterocycles. The van der Waals surface area contributed by atoms with Crippen LogP contribution in [0.25, 0.3) is 0 Å². The standard InChI is InChI=1S/C14H25O2Si.ClH.Mg/c1-10(2)17(11(3)4,12(5)6)16-14-8-13(7)9-15-14;;/h8-12H,7H2,1-6H3;1H;/q-1;;+2/p-1. The maximum atomic E-state index is 6.34. The molecule has 0 amide bonds. The summed E-state index contributed by atoms with van der Waals surface area (Å²) in [5.41, 5.74) is 2.54. The van der Waals surface area contributed by atoms with Crippen molar-refractivity contribution in [1.82, 2.24) is 0 Å². The second kappa shape index (κ2) is 8.50. The maximum Gasteiger partial charge on any atom is 2.00 e. The Bertz CT molecular complexity index is 342. The minimum atomic E-state index is -1.88. The van der Waals surface area contributed by atoms with Gasteiger partial charge in [0.15, 0.2) is 5.95 Å². The average molecular weight is 313 g/mol. The number of hydrogen-bond donors (Lipinski definition) is 0. The Balaban J connectivity index is 0. The molecule has 1 aromatic rings. The minimum absolute atomic E-state index is 0. The Morgan fingerprint density at radius 1 is 1.05 bits per heavy atom. The monoisotopic (exact) mass is 312 g/mol. The Morgan fingerprint density at radius 2 is 1.47 bits per heavy atom. The normalized spacial score (nSPS) is 11.4. The van der Waals surface area contributed by atoms with Crippen molar-refractivity contribution in [3.63, 3.8) is 0 Å². The van der Waals surface area contributed by atoms with Crippen LogP contribution in [0.4, 0.5) is 0 Å². The van der Waals surface area contributed by atoms with E-state index < -0.39 is 8.32 Å². The fourth-order valence-corrected chi connectivity index (χ4v) is 8.10. The molecule has 0 radical (unpaired) electrons. The van der Waals surface area contributed by atoms with Crippen molar-refractivity contribution in [3.05, 3.63) is 24.8 Å². The SMILES string of the molecule is [CH2-]c1coc(O[Si](C(C)C)(C(C)C)C(C)C)c1.[Cl-].[Mg+2]. The fourth-order valence-electron chi connectivity index (χ4n) is 2.93. The fraction of sp³-hybridized carbons (Fsp3) is 0.643. The minimum Gasteiger partial charge on any atom is -1.00 e. The van der Waals surface area contributed by atoms with E-state index >= 15 is 0 Å². The molecule has 0 aliphatic heterocycles. The van der Waals surface area contributed by atoms with Gasteiger partial charge in [-0.15, -0.1) is 0 Å². The third kappa shape index (κ3) is 4.62. The van der Waals surface area contributed by atoms with Crippen LogP contribution in [-0.2, 0) is 0 Å². The van der Waals surface area contributed by atoms with Gasteiger partial charge in [-0.3, -0.25) is 0 Å². The molecule has 2 nitrogen and oxygen atoms in total. The Kier molecular flexibility index (Phi) is 9.62. The van der Waals surface area contributed by atoms with Crippen molar-refractivity contribution in [2.24, 2.45) is 0 Å². The largest absolute Gasteiger partial charge is 2.00 e. The van der Waals surface area contributed by atoms with Crippen LogP contribution in [0, 0.1) is 6.92 Å². The molecule has 0 fully saturated rings. The van der Waals surface area contributed by atoms with Crippen molar-refractivity contribution in [1.29, 1.82) is 0 Å². The van der Waals surface area contributed by atoms with Gasteiger partial charge in [-0.25, -0.2) is 0 Å². The molecule has 0 aliphatic carbocycles. The van der Waals surface area contributed by atoms with Crippen LogP contribution in [0.15, 0.2) is 16.7 Å². The van der Waals surface area contributed by atoms with Crippen LogP contribution in [0.2, 0.25) is 16.6 Å². The summed E-state index contributed by atoms with van der Waals surface area (Å²) in [6.45, 7) is 17.4. The summed E-state index contributed by atoms with van der Waals surface area (Å²) in [5, 5.41) is 0. The van der Waals surface area contributed by atoms with E-state index in [1.54, 1.807) is 6.26 Å². The van der Waals surface area contributed by atoms with Crippen molar-refractivity contribution in [2.45, 2.75) is 58.2 Å². The molecule has 0 aliphatic rings. The third-order valence-electron chi connectivity index (χ3n) is 3.61. The van der Waals surface area contributed by atoms with Crippen molar-refractivity contribution >= 4 is 31.4 Å². The molecule has 1 heterocycles. The van der Waals surface area contributed by atoms with Gasteiger partial charge in [-0.1, -0.05) is 47.6 Å². The van der Waals surface area contributed by atoms with Crippen LogP contribution >= 0.6 is 0 Å². The summed E-state index contributed by atoms with van der Waals surface area (Å²) in [4.78, 5) is 0. The summed E-state index contributed by atoms with van der Waals surface area (Å²) in [5.74, 6) is 0.637. The van der Waals surface area contributed by atoms with Gasteiger partial charge in [0.2, 0.25) is 0 Å². The molecule has 5 heteroatoms. The number of furan rings is 1. The van der Waals surface area contributed by atoms with Crippen molar-refractivity contribution < 1.29 is 21.3 Å². The van der Waals surface area contributed by atoms with Crippen LogP contribution in [0.3, 0.4) is 0 Å². The van der Waals surface area contributed by atoms with Gasteiger partial charge in [-0.05, 0) is 22.9 Å². The molecule has 106 valence electrons. The molecule has 19 heavy (non-hydrogen) atoms. The summed E-state index contributed by atoms with van der Waals surface area (Å²) in [7, 11) is -1.88. The molecule has 0 spiro atoms. The number of hydrogen-bond acceptors (Lipinski definition) is 2. The van der Waals surface area contributed by atoms with Gasteiger partial charge >= 0.3 is 23.1 Å². The van der Waals surface area contributed by atoms with E-state index in [0.29, 0.717) is 22.6 Å². The predicted molar refractivity (Wildman–Crippen MR) is 80.6 cm³/mol. The zero-order valence-electron chi connectivity index (χ0n) is 13.0. The second-order valence-corrected chi connectivity index (χ2v) is 11.1. The van der Waals surface area contributed by atoms with E-state index in [1.807, 2.05) is 6.07 Å². The van der Waals surface area contributed by atoms with E-state index in [1.165, 1.54) is 0 Å². The first-order valence-corrected chi connectivity index (χ1v) is 8.54. The first-order valence-electron chi connectivity index (χ1n) is 6.40. The number of halogens is 1. The molecule has 0 bridgehead atoms. The molecule has 0 N–H and O–H groups in total. The van der Waals surface area contributed by atoms with Gasteiger partial charge < -0.3 is 21.3 Å². The molecule has 0 saturated heterocycles. The van der Waals surface area contributed by atoms with E-state index in [4.69, 9.17) is 8.84 Å². The van der Waals surface area contributed by atoms with Crippen LogP contribution < -0.4 is 16.8 Å². The molecule has 0 aromatic carbocycles. The first kappa shape index (κ1) is 21.5. The van der Waals surface area contributed by atoms with Gasteiger partial charge in [-0.2, -0.15) is 12.5 Å². The maximum absolute atomic E-state index is 6.34. The molecular weight excluding hydrogens is 288 g/mol. The van der Waals surface area contributed by atoms with Crippen LogP contribution in [0.1, 0.15) is 47.1 Å². The number of rotatable bonds is 5. The van der Waals surface area contributed by atoms with Crippen molar-refractivity contribution in [3.8, 4) is 5.95 Å². The average Bonchev–Trinajstić information content (AvgIpc) is 2.58. The summed E-state index contributed by atoms with van der Waals surface area (Å²) in [6, 6.07) is 1.88. The zero-order chi connectivity index (χ0) is 13.2. The summed E-state index contributed by atoms with van der Waals surface area (Å²) < 4.78 is 11.8. The van der Waals surface area contributed by atoms with E-state index in [9.17, 15) is 0 Å². The van der Waals surface area contributed by atoms with E-state index in [-0.39, 0.29) is 35.5 Å². The van der Waals surface area contributed by atoms with Gasteiger partial charge in [0.25, 0.3) is 8.32 Å². The summed E-state index contributed by atoms with van der Waals surface area (Å²) in [6.07, 6.45) is 1.65. The van der Waals surface area contributed by atoms with E-state index in [2.05, 4.69) is 48.5 Å². The molecule has 0 atom stereocenters. The Hall–Kier alpha value is 0.223. The third-order valence-corrected chi connectivity index (χ3v) is 9.58. The van der Waals surface area contributed by atoms with Gasteiger partial charge in [0.05, 0.1) is 0 Å². The van der Waals surface area contributed by atoms with E-state index in [0.717, 1.165) is 5.56 Å². The van der Waals surface area contributed by atoms with Crippen LogP contribution in [-0.4, -0.2) is 31.4 Å². The molecular formula is C14H25ClMgO2Si. The quantitative estimate of drug-likeness (QED) is 0.609. The van der Waals surface area contributed by atoms with Crippen LogP contribution in [0.5, 0.6) is 5.95 Å².